The first-order valence-electron chi connectivity index (χ1n) is 5.34. The number of nitro benzene ring substituents is 1. The standard InChI is InChI=1S/C11H13N3O4/c1-2-12-10(15)7-13-11(16)8-4-3-5-9(6-8)14(17)18/h3-6H,2,7H2,1H3,(H,12,15)(H,13,16). The fraction of sp³-hybridized carbons (Fsp3) is 0.273. The Morgan fingerprint density at radius 1 is 1.33 bits per heavy atom. The summed E-state index contributed by atoms with van der Waals surface area (Å²) in [5.74, 6) is -0.832. The molecule has 0 aliphatic rings. The summed E-state index contributed by atoms with van der Waals surface area (Å²) in [6.07, 6.45) is 0. The molecule has 1 aromatic rings. The van der Waals surface area contributed by atoms with E-state index in [1.54, 1.807) is 6.92 Å². The number of hydrogen-bond donors (Lipinski definition) is 2. The Labute approximate surface area is 103 Å². The summed E-state index contributed by atoms with van der Waals surface area (Å²) in [4.78, 5) is 32.7. The van der Waals surface area contributed by atoms with Gasteiger partial charge in [-0.1, -0.05) is 6.07 Å². The molecule has 18 heavy (non-hydrogen) atoms. The second kappa shape index (κ2) is 6.33. The van der Waals surface area contributed by atoms with Crippen molar-refractivity contribution in [2.45, 2.75) is 6.92 Å². The van der Waals surface area contributed by atoms with Crippen molar-refractivity contribution in [1.82, 2.24) is 10.6 Å². The highest BCUT2D eigenvalue weighted by atomic mass is 16.6. The van der Waals surface area contributed by atoms with Gasteiger partial charge < -0.3 is 10.6 Å². The summed E-state index contributed by atoms with van der Waals surface area (Å²) in [6.45, 7) is 2.08. The van der Waals surface area contributed by atoms with Crippen molar-refractivity contribution in [2.75, 3.05) is 13.1 Å². The first kappa shape index (κ1) is 13.6. The van der Waals surface area contributed by atoms with Crippen LogP contribution in [-0.2, 0) is 4.79 Å². The highest BCUT2D eigenvalue weighted by Crippen LogP contribution is 2.12. The largest absolute Gasteiger partial charge is 0.355 e. The van der Waals surface area contributed by atoms with Crippen LogP contribution in [0.15, 0.2) is 24.3 Å². The molecule has 2 N–H and O–H groups in total. The molecule has 0 radical (unpaired) electrons. The number of amides is 2. The monoisotopic (exact) mass is 251 g/mol. The van der Waals surface area contributed by atoms with Crippen LogP contribution in [0.3, 0.4) is 0 Å². The molecule has 0 unspecified atom stereocenters. The molecule has 96 valence electrons. The van der Waals surface area contributed by atoms with Crippen LogP contribution in [0, 0.1) is 10.1 Å². The number of carbonyl (C=O) groups excluding carboxylic acids is 2. The average Bonchev–Trinajstić information content (AvgIpc) is 2.36. The topological polar surface area (TPSA) is 101 Å². The summed E-state index contributed by atoms with van der Waals surface area (Å²) < 4.78 is 0. The molecule has 0 heterocycles. The van der Waals surface area contributed by atoms with E-state index in [4.69, 9.17) is 0 Å². The summed E-state index contributed by atoms with van der Waals surface area (Å²) >= 11 is 0. The predicted octanol–water partition coefficient (Wildman–Crippen LogP) is 0.461. The summed E-state index contributed by atoms with van der Waals surface area (Å²) in [5.41, 5.74) is -0.0193. The van der Waals surface area contributed by atoms with Gasteiger partial charge in [0.05, 0.1) is 11.5 Å². The first-order valence-corrected chi connectivity index (χ1v) is 5.34. The van der Waals surface area contributed by atoms with Crippen molar-refractivity contribution in [3.63, 3.8) is 0 Å². The molecular formula is C11H13N3O4. The van der Waals surface area contributed by atoms with E-state index in [1.165, 1.54) is 18.2 Å². The van der Waals surface area contributed by atoms with Gasteiger partial charge in [0.2, 0.25) is 5.91 Å². The van der Waals surface area contributed by atoms with Crippen LogP contribution in [0.25, 0.3) is 0 Å². The molecule has 0 bridgehead atoms. The van der Waals surface area contributed by atoms with Crippen LogP contribution in [0.5, 0.6) is 0 Å². The van der Waals surface area contributed by atoms with Crippen LogP contribution in [-0.4, -0.2) is 29.8 Å². The Kier molecular flexibility index (Phi) is 4.79. The van der Waals surface area contributed by atoms with Crippen molar-refractivity contribution in [3.8, 4) is 0 Å². The number of nitrogens with one attached hydrogen (secondary N) is 2. The normalized spacial score (nSPS) is 9.61. The number of non-ortho nitro benzene ring substituents is 1. The number of nitro groups is 1. The van der Waals surface area contributed by atoms with E-state index in [2.05, 4.69) is 10.6 Å². The van der Waals surface area contributed by atoms with Crippen LogP contribution in [0.1, 0.15) is 17.3 Å². The van der Waals surface area contributed by atoms with Gasteiger partial charge in [-0.15, -0.1) is 0 Å². The molecular weight excluding hydrogens is 238 g/mol. The molecule has 0 atom stereocenters. The Morgan fingerprint density at radius 2 is 2.06 bits per heavy atom. The third-order valence-electron chi connectivity index (χ3n) is 2.10. The van der Waals surface area contributed by atoms with Gasteiger partial charge in [-0.3, -0.25) is 19.7 Å². The van der Waals surface area contributed by atoms with E-state index < -0.39 is 10.8 Å². The molecule has 7 heteroatoms. The van der Waals surface area contributed by atoms with Crippen LogP contribution < -0.4 is 10.6 Å². The molecule has 0 saturated carbocycles. The van der Waals surface area contributed by atoms with E-state index in [-0.39, 0.29) is 23.7 Å². The van der Waals surface area contributed by atoms with Crippen molar-refractivity contribution in [1.29, 1.82) is 0 Å². The molecule has 0 aliphatic heterocycles. The second-order valence-corrected chi connectivity index (χ2v) is 3.44. The zero-order chi connectivity index (χ0) is 13.5. The third kappa shape index (κ3) is 3.85. The second-order valence-electron chi connectivity index (χ2n) is 3.44. The number of benzene rings is 1. The van der Waals surface area contributed by atoms with Crippen molar-refractivity contribution in [2.24, 2.45) is 0 Å². The first-order chi connectivity index (χ1) is 8.54. The van der Waals surface area contributed by atoms with Crippen LogP contribution in [0.2, 0.25) is 0 Å². The number of rotatable bonds is 5. The predicted molar refractivity (Wildman–Crippen MR) is 64.1 cm³/mol. The lowest BCUT2D eigenvalue weighted by molar-refractivity contribution is -0.384. The van der Waals surface area contributed by atoms with Gasteiger partial charge in [-0.2, -0.15) is 0 Å². The van der Waals surface area contributed by atoms with Crippen molar-refractivity contribution >= 4 is 17.5 Å². The van der Waals surface area contributed by atoms with Crippen molar-refractivity contribution < 1.29 is 14.5 Å². The molecule has 0 spiro atoms. The van der Waals surface area contributed by atoms with Crippen molar-refractivity contribution in [3.05, 3.63) is 39.9 Å². The smallest absolute Gasteiger partial charge is 0.270 e. The Morgan fingerprint density at radius 3 is 2.67 bits per heavy atom. The van der Waals surface area contributed by atoms with Gasteiger partial charge in [0.15, 0.2) is 0 Å². The minimum absolute atomic E-state index is 0.147. The minimum atomic E-state index is -0.583. The molecule has 0 aliphatic carbocycles. The third-order valence-corrected chi connectivity index (χ3v) is 2.10. The maximum atomic E-state index is 11.6. The van der Waals surface area contributed by atoms with Gasteiger partial charge in [0, 0.05) is 24.2 Å². The van der Waals surface area contributed by atoms with Crippen LogP contribution >= 0.6 is 0 Å². The zero-order valence-electron chi connectivity index (χ0n) is 9.80. The van der Waals surface area contributed by atoms with Gasteiger partial charge in [0.25, 0.3) is 11.6 Å². The molecule has 0 fully saturated rings. The van der Waals surface area contributed by atoms with Gasteiger partial charge >= 0.3 is 0 Å². The quantitative estimate of drug-likeness (QED) is 0.586. The summed E-state index contributed by atoms with van der Waals surface area (Å²) in [6, 6.07) is 5.31. The van der Waals surface area contributed by atoms with E-state index in [1.807, 2.05) is 0 Å². The molecule has 0 aromatic heterocycles. The number of hydrogen-bond acceptors (Lipinski definition) is 4. The highest BCUT2D eigenvalue weighted by Gasteiger charge is 2.11. The van der Waals surface area contributed by atoms with E-state index in [0.717, 1.165) is 6.07 Å². The zero-order valence-corrected chi connectivity index (χ0v) is 9.80. The number of likely N-dealkylation sites (N-methyl/N-ethyl adjacent to an activating group) is 1. The van der Waals surface area contributed by atoms with E-state index in [0.29, 0.717) is 6.54 Å². The van der Waals surface area contributed by atoms with Gasteiger partial charge in [0.1, 0.15) is 0 Å². The maximum absolute atomic E-state index is 11.6. The average molecular weight is 251 g/mol. The SMILES string of the molecule is CCNC(=O)CNC(=O)c1cccc([N+](=O)[O-])c1. The fourth-order valence-corrected chi connectivity index (χ4v) is 1.28. The summed E-state index contributed by atoms with van der Waals surface area (Å²) in [5, 5.41) is 15.4. The van der Waals surface area contributed by atoms with Gasteiger partial charge in [-0.25, -0.2) is 0 Å². The summed E-state index contributed by atoms with van der Waals surface area (Å²) in [7, 11) is 0. The number of nitrogens with zero attached hydrogens (tertiary/aromatic N) is 1. The molecule has 7 nitrogen and oxygen atoms in total. The highest BCUT2D eigenvalue weighted by molar-refractivity contribution is 5.96. The lowest BCUT2D eigenvalue weighted by Gasteiger charge is -2.05. The molecule has 0 saturated heterocycles. The molecule has 2 amide bonds. The van der Waals surface area contributed by atoms with Gasteiger partial charge in [-0.05, 0) is 13.0 Å². The Hall–Kier alpha value is -2.44. The number of carbonyl (C=O) groups is 2. The Bertz CT molecular complexity index is 473. The maximum Gasteiger partial charge on any atom is 0.270 e. The van der Waals surface area contributed by atoms with Crippen LogP contribution in [0.4, 0.5) is 5.69 Å². The molecule has 1 rings (SSSR count). The minimum Gasteiger partial charge on any atom is -0.355 e. The fourth-order valence-electron chi connectivity index (χ4n) is 1.28. The lowest BCUT2D eigenvalue weighted by atomic mass is 10.2. The van der Waals surface area contributed by atoms with E-state index in [9.17, 15) is 19.7 Å². The Balaban J connectivity index is 2.64. The molecule has 1 aromatic carbocycles. The lowest BCUT2D eigenvalue weighted by Crippen LogP contribution is -2.36. The van der Waals surface area contributed by atoms with E-state index >= 15 is 0 Å².